The van der Waals surface area contributed by atoms with Crippen LogP contribution in [0.3, 0.4) is 0 Å². The van der Waals surface area contributed by atoms with Crippen LogP contribution in [-0.2, 0) is 11.3 Å². The highest BCUT2D eigenvalue weighted by Gasteiger charge is 2.18. The van der Waals surface area contributed by atoms with Gasteiger partial charge in [0.05, 0.1) is 18.6 Å². The molecule has 0 saturated heterocycles. The Labute approximate surface area is 182 Å². The third kappa shape index (κ3) is 4.83. The van der Waals surface area contributed by atoms with Crippen molar-refractivity contribution in [1.82, 2.24) is 14.8 Å². The van der Waals surface area contributed by atoms with Crippen molar-refractivity contribution in [2.75, 3.05) is 18.2 Å². The maximum atomic E-state index is 12.5. The fraction of sp³-hybridized carbons (Fsp3) is 0.250. The molecule has 6 nitrogen and oxygen atoms in total. The van der Waals surface area contributed by atoms with E-state index in [0.717, 1.165) is 11.4 Å². The van der Waals surface area contributed by atoms with Crippen LogP contribution in [0, 0.1) is 13.8 Å². The predicted molar refractivity (Wildman–Crippen MR) is 120 cm³/mol. The van der Waals surface area contributed by atoms with Gasteiger partial charge in [-0.25, -0.2) is 0 Å². The van der Waals surface area contributed by atoms with E-state index in [1.807, 2.05) is 4.57 Å². The van der Waals surface area contributed by atoms with E-state index in [1.54, 1.807) is 42.7 Å². The fourth-order valence-corrected chi connectivity index (χ4v) is 4.50. The van der Waals surface area contributed by atoms with Gasteiger partial charge in [0.25, 0.3) is 0 Å². The molecule has 0 aliphatic rings. The third-order valence-corrected chi connectivity index (χ3v) is 6.54. The maximum absolute atomic E-state index is 12.5. The molecule has 2 aromatic heterocycles. The van der Waals surface area contributed by atoms with Crippen LogP contribution in [0.25, 0.3) is 11.4 Å². The Morgan fingerprint density at radius 2 is 2.21 bits per heavy atom. The predicted octanol–water partition coefficient (Wildman–Crippen LogP) is 5.20. The number of thiophene rings is 1. The van der Waals surface area contributed by atoms with Crippen molar-refractivity contribution in [3.8, 4) is 17.1 Å². The molecule has 0 radical (unpaired) electrons. The van der Waals surface area contributed by atoms with Crippen molar-refractivity contribution in [2.45, 2.75) is 25.5 Å². The summed E-state index contributed by atoms with van der Waals surface area (Å²) in [5, 5.41) is 14.8. The normalized spacial score (nSPS) is 10.8. The topological polar surface area (TPSA) is 69.0 Å². The van der Waals surface area contributed by atoms with Crippen LogP contribution in [0.5, 0.6) is 5.75 Å². The lowest BCUT2D eigenvalue weighted by Crippen LogP contribution is -2.15. The first-order chi connectivity index (χ1) is 13.9. The summed E-state index contributed by atoms with van der Waals surface area (Å²) in [6, 6.07) is 5.07. The van der Waals surface area contributed by atoms with Crippen molar-refractivity contribution in [1.29, 1.82) is 0 Å². The number of hydrogen-bond donors (Lipinski definition) is 1. The molecule has 0 unspecified atom stereocenters. The number of ether oxygens (including phenoxy) is 1. The number of nitrogens with one attached hydrogen (secondary N) is 1. The molecule has 29 heavy (non-hydrogen) atoms. The first-order valence-corrected chi connectivity index (χ1v) is 11.0. The first kappa shape index (κ1) is 21.4. The van der Waals surface area contributed by atoms with Gasteiger partial charge in [-0.3, -0.25) is 9.36 Å². The minimum absolute atomic E-state index is 0.173. The van der Waals surface area contributed by atoms with Crippen LogP contribution in [0.15, 0.2) is 41.4 Å². The van der Waals surface area contributed by atoms with Crippen molar-refractivity contribution in [3.05, 3.63) is 51.7 Å². The summed E-state index contributed by atoms with van der Waals surface area (Å²) in [5.41, 5.74) is 2.78. The zero-order valence-electron chi connectivity index (χ0n) is 16.4. The van der Waals surface area contributed by atoms with Gasteiger partial charge in [0.15, 0.2) is 11.0 Å². The van der Waals surface area contributed by atoms with Crippen LogP contribution in [0.1, 0.15) is 10.4 Å². The Bertz CT molecular complexity index is 1050. The van der Waals surface area contributed by atoms with Crippen LogP contribution in [0.4, 0.5) is 5.69 Å². The molecule has 9 heteroatoms. The molecular formula is C20H21ClN4O2S2. The van der Waals surface area contributed by atoms with Gasteiger partial charge in [-0.1, -0.05) is 29.4 Å². The number of anilines is 1. The molecule has 0 aliphatic carbocycles. The number of carbonyl (C=O) groups excluding carboxylic acids is 1. The second-order valence-corrected chi connectivity index (χ2v) is 8.68. The molecule has 152 valence electrons. The Hall–Kier alpha value is -2.29. The van der Waals surface area contributed by atoms with E-state index in [2.05, 4.69) is 41.3 Å². The van der Waals surface area contributed by atoms with Crippen LogP contribution in [0.2, 0.25) is 5.02 Å². The van der Waals surface area contributed by atoms with E-state index < -0.39 is 0 Å². The lowest BCUT2D eigenvalue weighted by atomic mass is 10.1. The molecule has 3 aromatic rings. The molecule has 1 N–H and O–H groups in total. The number of rotatable bonds is 8. The van der Waals surface area contributed by atoms with E-state index in [9.17, 15) is 4.79 Å². The first-order valence-electron chi connectivity index (χ1n) is 8.80. The molecule has 3 rings (SSSR count). The molecule has 1 amide bonds. The molecule has 0 aliphatic heterocycles. The number of amides is 1. The standard InChI is InChI=1S/C20H21ClN4O2S2/c1-5-8-25-19(15-10-28-13(3)12(15)2)23-24-20(25)29-11-18(26)22-16-9-14(21)6-7-17(16)27-4/h5-7,9-10H,1,8,11H2,2-4H3,(H,22,26). The fourth-order valence-electron chi connectivity index (χ4n) is 2.72. The summed E-state index contributed by atoms with van der Waals surface area (Å²) in [4.78, 5) is 13.7. The number of thioether (sulfide) groups is 1. The van der Waals surface area contributed by atoms with Gasteiger partial charge in [0, 0.05) is 27.4 Å². The van der Waals surface area contributed by atoms with Gasteiger partial charge >= 0.3 is 0 Å². The number of carbonyl (C=O) groups is 1. The van der Waals surface area contributed by atoms with Crippen LogP contribution in [-0.4, -0.2) is 33.5 Å². The Kier molecular flexibility index (Phi) is 7.00. The zero-order valence-corrected chi connectivity index (χ0v) is 18.7. The molecule has 0 spiro atoms. The van der Waals surface area contributed by atoms with E-state index in [0.29, 0.717) is 28.2 Å². The number of nitrogens with zero attached hydrogens (tertiary/aromatic N) is 3. The summed E-state index contributed by atoms with van der Waals surface area (Å²) in [7, 11) is 1.54. The number of aromatic nitrogens is 3. The summed E-state index contributed by atoms with van der Waals surface area (Å²) in [6.07, 6.45) is 1.79. The summed E-state index contributed by atoms with van der Waals surface area (Å²) in [6.45, 7) is 8.55. The highest BCUT2D eigenvalue weighted by Crippen LogP contribution is 2.32. The lowest BCUT2D eigenvalue weighted by Gasteiger charge is -2.11. The number of allylic oxidation sites excluding steroid dienone is 1. The van der Waals surface area contributed by atoms with Crippen molar-refractivity contribution >= 4 is 46.3 Å². The SMILES string of the molecule is C=CCn1c(SCC(=O)Nc2cc(Cl)ccc2OC)nnc1-c1csc(C)c1C. The van der Waals surface area contributed by atoms with E-state index in [1.165, 1.54) is 22.2 Å². The van der Waals surface area contributed by atoms with E-state index in [-0.39, 0.29) is 11.7 Å². The van der Waals surface area contributed by atoms with Gasteiger partial charge in [0.1, 0.15) is 5.75 Å². The lowest BCUT2D eigenvalue weighted by molar-refractivity contribution is -0.113. The van der Waals surface area contributed by atoms with Gasteiger partial charge in [-0.2, -0.15) is 0 Å². The van der Waals surface area contributed by atoms with Crippen molar-refractivity contribution < 1.29 is 9.53 Å². The van der Waals surface area contributed by atoms with Gasteiger partial charge in [0.2, 0.25) is 5.91 Å². The number of methoxy groups -OCH3 is 1. The molecule has 0 fully saturated rings. The second-order valence-electron chi connectivity index (χ2n) is 6.22. The van der Waals surface area contributed by atoms with Crippen molar-refractivity contribution in [3.63, 3.8) is 0 Å². The summed E-state index contributed by atoms with van der Waals surface area (Å²) in [5.74, 6) is 1.32. The van der Waals surface area contributed by atoms with E-state index in [4.69, 9.17) is 16.3 Å². The molecule has 0 bridgehead atoms. The largest absolute Gasteiger partial charge is 0.495 e. The summed E-state index contributed by atoms with van der Waals surface area (Å²) < 4.78 is 7.24. The minimum atomic E-state index is -0.187. The average molecular weight is 449 g/mol. The third-order valence-electron chi connectivity index (χ3n) is 4.32. The second kappa shape index (κ2) is 9.47. The highest BCUT2D eigenvalue weighted by atomic mass is 35.5. The molecule has 0 saturated carbocycles. The Balaban J connectivity index is 1.75. The maximum Gasteiger partial charge on any atom is 0.234 e. The number of hydrogen-bond acceptors (Lipinski definition) is 6. The number of halogens is 1. The van der Waals surface area contributed by atoms with E-state index >= 15 is 0 Å². The Morgan fingerprint density at radius 3 is 2.86 bits per heavy atom. The van der Waals surface area contributed by atoms with Gasteiger partial charge in [-0.05, 0) is 37.6 Å². The Morgan fingerprint density at radius 1 is 1.41 bits per heavy atom. The molecular weight excluding hydrogens is 428 g/mol. The van der Waals surface area contributed by atoms with Gasteiger partial charge < -0.3 is 10.1 Å². The van der Waals surface area contributed by atoms with Crippen LogP contribution >= 0.6 is 34.7 Å². The number of benzene rings is 1. The zero-order chi connectivity index (χ0) is 21.0. The van der Waals surface area contributed by atoms with Crippen molar-refractivity contribution in [2.24, 2.45) is 0 Å². The molecule has 2 heterocycles. The minimum Gasteiger partial charge on any atom is -0.495 e. The smallest absolute Gasteiger partial charge is 0.234 e. The van der Waals surface area contributed by atoms with Crippen LogP contribution < -0.4 is 10.1 Å². The monoisotopic (exact) mass is 448 g/mol. The average Bonchev–Trinajstić information content (AvgIpc) is 3.24. The highest BCUT2D eigenvalue weighted by molar-refractivity contribution is 7.99. The molecule has 0 atom stereocenters. The molecule has 1 aromatic carbocycles. The quantitative estimate of drug-likeness (QED) is 0.378. The summed E-state index contributed by atoms with van der Waals surface area (Å²) >= 11 is 9.02. The number of aryl methyl sites for hydroxylation is 1. The van der Waals surface area contributed by atoms with Gasteiger partial charge in [-0.15, -0.1) is 28.1 Å².